The number of aryl methyl sites for hydroxylation is 1. The molecule has 0 saturated carbocycles. The predicted molar refractivity (Wildman–Crippen MR) is 550 cm³/mol. The van der Waals surface area contributed by atoms with E-state index in [-0.39, 0.29) is 88.2 Å². The van der Waals surface area contributed by atoms with Crippen LogP contribution in [0, 0.1) is 0 Å². The molecule has 3 atom stereocenters. The van der Waals surface area contributed by atoms with Crippen LogP contribution in [-0.2, 0) is 52.0 Å². The topological polar surface area (TPSA) is 306 Å². The number of amides is 5. The lowest BCUT2D eigenvalue weighted by Gasteiger charge is -2.19. The number of hydrogen-bond donors (Lipinski definition) is 0. The zero-order valence-electron chi connectivity index (χ0n) is 77.3. The number of nitrogens with zero attached hydrogens (tertiary/aromatic N) is 20. The minimum absolute atomic E-state index is 0.0556. The summed E-state index contributed by atoms with van der Waals surface area (Å²) >= 11 is 36.3. The van der Waals surface area contributed by atoms with Gasteiger partial charge in [-0.3, -0.25) is 62.1 Å². The molecule has 0 aliphatic rings. The minimum atomic E-state index is -4.36. The lowest BCUT2D eigenvalue weighted by atomic mass is 10.0. The lowest BCUT2D eigenvalue weighted by Crippen LogP contribution is -2.31. The van der Waals surface area contributed by atoms with Crippen LogP contribution < -0.4 is 24.5 Å². The Morgan fingerprint density at radius 2 is 0.636 bits per heavy atom. The van der Waals surface area contributed by atoms with Crippen molar-refractivity contribution < 1.29 is 63.5 Å². The Balaban J connectivity index is 0.000000196. The highest BCUT2D eigenvalue weighted by Crippen LogP contribution is 2.34. The van der Waals surface area contributed by atoms with Crippen molar-refractivity contribution in [3.05, 3.63) is 287 Å². The third kappa shape index (κ3) is 36.4. The second kappa shape index (κ2) is 58.3. The number of benzene rings is 3. The van der Waals surface area contributed by atoms with E-state index in [0.29, 0.717) is 112 Å². The molecule has 13 rings (SSSR count). The molecule has 0 saturated heterocycles. The van der Waals surface area contributed by atoms with Crippen LogP contribution >= 0.6 is 93.3 Å². The van der Waals surface area contributed by atoms with Gasteiger partial charge in [-0.25, -0.2) is 23.4 Å². The summed E-state index contributed by atoms with van der Waals surface area (Å²) in [5.74, 6) is 2.99. The van der Waals surface area contributed by atoms with Gasteiger partial charge in [0.2, 0.25) is 29.5 Å². The molecular weight excluding hydrogens is 2010 g/mol. The summed E-state index contributed by atoms with van der Waals surface area (Å²) in [7, 11) is -3.44. The molecule has 3 aromatic carbocycles. The summed E-state index contributed by atoms with van der Waals surface area (Å²) in [5.41, 5.74) is 9.59. The van der Waals surface area contributed by atoms with E-state index in [0.717, 1.165) is 46.5 Å². The third-order valence-electron chi connectivity index (χ3n) is 20.5. The van der Waals surface area contributed by atoms with Gasteiger partial charge in [0.15, 0.2) is 31.5 Å². The summed E-state index contributed by atoms with van der Waals surface area (Å²) in [5, 5.41) is 22.3. The van der Waals surface area contributed by atoms with Crippen LogP contribution in [-0.4, -0.2) is 220 Å². The van der Waals surface area contributed by atoms with Crippen molar-refractivity contribution in [2.24, 2.45) is 0 Å². The first kappa shape index (κ1) is 112. The molecule has 0 radical (unpaired) electrons. The molecule has 0 N–H and O–H groups in total. The Labute approximate surface area is 851 Å². The molecule has 744 valence electrons. The van der Waals surface area contributed by atoms with Crippen molar-refractivity contribution >= 4 is 179 Å². The molecule has 10 heterocycles. The van der Waals surface area contributed by atoms with E-state index in [1.54, 1.807) is 202 Å². The summed E-state index contributed by atoms with van der Waals surface area (Å²) in [6.07, 6.45) is 16.0. The number of rotatable bonds is 43. The lowest BCUT2D eigenvalue weighted by molar-refractivity contribution is -0.130. The van der Waals surface area contributed by atoms with Crippen LogP contribution in [0.15, 0.2) is 245 Å². The Morgan fingerprint density at radius 3 is 0.921 bits per heavy atom. The largest absolute Gasteiger partial charge is 0.390 e. The van der Waals surface area contributed by atoms with E-state index >= 15 is 0 Å². The highest BCUT2D eigenvalue weighted by molar-refractivity contribution is 8.00. The van der Waals surface area contributed by atoms with Gasteiger partial charge in [-0.2, -0.15) is 87.1 Å². The van der Waals surface area contributed by atoms with E-state index in [9.17, 15) is 63.5 Å². The smallest absolute Gasteiger partial charge is 0.308 e. The Morgan fingerprint density at radius 1 is 0.357 bits per heavy atom. The Hall–Kier alpha value is -11.1. The van der Waals surface area contributed by atoms with Crippen molar-refractivity contribution in [3.63, 3.8) is 0 Å². The third-order valence-corrected chi connectivity index (χ3v) is 27.6. The molecule has 0 aliphatic carbocycles. The van der Waals surface area contributed by atoms with Crippen LogP contribution in [0.2, 0.25) is 25.8 Å². The highest BCUT2D eigenvalue weighted by atomic mass is 35.5. The quantitative estimate of drug-likeness (QED) is 0.0195. The molecule has 13 aromatic rings. The van der Waals surface area contributed by atoms with Gasteiger partial charge in [0.05, 0.1) is 109 Å². The number of ketones is 1. The van der Waals surface area contributed by atoms with Crippen LogP contribution in [0.4, 0.5) is 54.8 Å². The summed E-state index contributed by atoms with van der Waals surface area (Å²) in [6.45, 7) is 13.6. The first-order valence-electron chi connectivity index (χ1n) is 44.3. The average molecular weight is 2120 g/mol. The average Bonchev–Trinajstić information content (AvgIpc) is 1.69. The Bertz CT molecular complexity index is 5930. The molecule has 0 spiro atoms. The van der Waals surface area contributed by atoms with Gasteiger partial charge in [-0.05, 0) is 130 Å². The van der Waals surface area contributed by atoms with E-state index in [2.05, 4.69) is 106 Å². The summed E-state index contributed by atoms with van der Waals surface area (Å²) in [6, 6.07) is 48.1. The number of hydrogen-bond acceptors (Lipinski definition) is 21. The fraction of sp³-hybridized carbons (Fsp3) is 0.333. The van der Waals surface area contributed by atoms with Crippen LogP contribution in [0.1, 0.15) is 114 Å². The number of halogens is 11. The van der Waals surface area contributed by atoms with Crippen LogP contribution in [0.25, 0.3) is 28.4 Å². The van der Waals surface area contributed by atoms with E-state index in [4.69, 9.17) is 58.0 Å². The normalized spacial score (nSPS) is 11.8. The molecule has 5 amide bonds. The van der Waals surface area contributed by atoms with Crippen LogP contribution in [0.5, 0.6) is 0 Å². The van der Waals surface area contributed by atoms with E-state index < -0.39 is 58.3 Å². The van der Waals surface area contributed by atoms with Crippen molar-refractivity contribution in [2.45, 2.75) is 111 Å². The number of anilines is 5. The van der Waals surface area contributed by atoms with Crippen molar-refractivity contribution in [3.8, 4) is 28.4 Å². The van der Waals surface area contributed by atoms with Gasteiger partial charge in [0.1, 0.15) is 28.4 Å². The maximum Gasteiger partial charge on any atom is 0.390 e. The van der Waals surface area contributed by atoms with E-state index in [1.165, 1.54) is 42.1 Å². The van der Waals surface area contributed by atoms with Gasteiger partial charge in [0.25, 0.3) is 0 Å². The fourth-order valence-electron chi connectivity index (χ4n) is 13.3. The molecule has 10 aromatic heterocycles. The van der Waals surface area contributed by atoms with Gasteiger partial charge >= 0.3 is 12.4 Å². The van der Waals surface area contributed by atoms with E-state index in [1.807, 2.05) is 81.4 Å². The zero-order valence-corrected chi connectivity index (χ0v) is 85.2. The second-order valence-corrected chi connectivity index (χ2v) is 38.9. The monoisotopic (exact) mass is 2110 g/mol. The number of Topliss-reactive ketones (excluding diaryl/α,β-unsaturated/α-hetero) is 1. The molecule has 0 bridgehead atoms. The number of aromatic nitrogens is 15. The molecule has 0 aliphatic heterocycles. The molecule has 44 heteroatoms. The number of thioether (sulfide) groups is 3. The zero-order chi connectivity index (χ0) is 101. The van der Waals surface area contributed by atoms with Gasteiger partial charge in [0, 0.05) is 163 Å². The molecule has 3 unspecified atom stereocenters. The molecule has 28 nitrogen and oxygen atoms in total. The van der Waals surface area contributed by atoms with Crippen molar-refractivity contribution in [1.82, 2.24) is 73.8 Å². The first-order chi connectivity index (χ1) is 67.3. The molecule has 0 fully saturated rings. The fourth-order valence-corrected chi connectivity index (χ4v) is 19.3. The maximum atomic E-state index is 12.8. The number of carbonyl (C=O) groups excluding carboxylic acids is 6. The van der Waals surface area contributed by atoms with Gasteiger partial charge < -0.3 is 24.5 Å². The predicted octanol–water partition coefficient (Wildman–Crippen LogP) is 20.8. The number of alkyl halides is 6. The Kier molecular flexibility index (Phi) is 46.8. The summed E-state index contributed by atoms with van der Waals surface area (Å²) < 4.78 is 104. The summed E-state index contributed by atoms with van der Waals surface area (Å²) in [4.78, 5) is 103. The van der Waals surface area contributed by atoms with Crippen LogP contribution in [0.3, 0.4) is 0 Å². The first-order valence-corrected chi connectivity index (χ1v) is 52.7. The standard InChI is InChI=1S/C22H25ClN4OS.C21H21ClN4O2S.C21H23ClN4OS.2C16H18ClF3N4O2S/c1-3-26(20-15-27(25-22(20)23)19-10-7-12-24-14-19)21(28)11-13-29-16-17(2)18-8-5-4-6-9-18;1-2-25(18-14-26(24-21(18)22)17-9-6-11-23-13-17)20(28)10-12-29-15-19(27)16-7-4-3-5-8-16;1-2-25(19-16-26(24-21(19)22)18-9-6-12-23-15-18)20(27)11-14-28-13-10-17-7-4-3-5-8-17;2*1-2-23(14(25)5-8-27(26)9-6-16(18,19)20)13-11-24(22-15(13)17)12-4-3-7-21-10-12/h4-10,12,14-15,17H,3,11,13,16H2,1-2H3;3-9,11,13-14H,2,10,12,15H2,1H3;3-9,12,15-16H,2,10-11,13-14H2,1H3;2*3-4,7,10-11H,2,5-6,8-9H2,1H3. The second-order valence-electron chi connectivity index (χ2n) is 30.2. The molecular formula is C96H105Cl5F6N20O8S5. The SMILES string of the molecule is CCN(C(=O)CCS(=O)CCC(F)(F)F)c1cn(-c2cccnc2)nc1Cl.CCN(C(=O)CCS(=O)CCC(F)(F)F)c1cn(-c2cccnc2)nc1Cl.CCN(C(=O)CCSCC(=O)c1ccccc1)c1cn(-c2cccnc2)nc1Cl.CCN(C(=O)CCSCC(C)c1ccccc1)c1cn(-c2cccnc2)nc1Cl.CCN(C(=O)CCSCCc1ccccc1)c1cn(-c2cccnc2)nc1Cl. The highest BCUT2D eigenvalue weighted by Gasteiger charge is 2.32. The van der Waals surface area contributed by atoms with Crippen molar-refractivity contribution in [2.75, 3.05) is 115 Å². The maximum absolute atomic E-state index is 12.8. The van der Waals surface area contributed by atoms with Gasteiger partial charge in [-0.15, -0.1) is 0 Å². The van der Waals surface area contributed by atoms with Crippen molar-refractivity contribution in [1.29, 1.82) is 0 Å². The minimum Gasteiger partial charge on any atom is -0.308 e. The molecule has 140 heavy (non-hydrogen) atoms. The number of carbonyl (C=O) groups is 6. The number of pyridine rings is 5. The van der Waals surface area contributed by atoms with Gasteiger partial charge in [-0.1, -0.05) is 156 Å².